The predicted octanol–water partition coefficient (Wildman–Crippen LogP) is 2.06. The zero-order valence-corrected chi connectivity index (χ0v) is 9.35. The third kappa shape index (κ3) is 1.27. The van der Waals surface area contributed by atoms with E-state index in [-0.39, 0.29) is 5.92 Å². The Bertz CT molecular complexity index is 460. The van der Waals surface area contributed by atoms with Crippen LogP contribution >= 0.6 is 0 Å². The second kappa shape index (κ2) is 3.44. The van der Waals surface area contributed by atoms with Crippen molar-refractivity contribution in [1.29, 1.82) is 0 Å². The van der Waals surface area contributed by atoms with Crippen molar-refractivity contribution in [3.63, 3.8) is 0 Å². The summed E-state index contributed by atoms with van der Waals surface area (Å²) in [6.45, 7) is 2.10. The standard InChI is InChI=1S/C14H16O2/c1-8-11-6-5-9-3-2-4-10(13(9)11)7-12(8)14(15)16/h2-4,7-8,11,14-16H,5-6H2,1H3. The largest absolute Gasteiger partial charge is 0.365 e. The van der Waals surface area contributed by atoms with Crippen molar-refractivity contribution in [2.75, 3.05) is 0 Å². The van der Waals surface area contributed by atoms with Gasteiger partial charge in [-0.05, 0) is 46.9 Å². The van der Waals surface area contributed by atoms with E-state index in [1.54, 1.807) is 0 Å². The van der Waals surface area contributed by atoms with E-state index >= 15 is 0 Å². The van der Waals surface area contributed by atoms with Crippen LogP contribution in [0.3, 0.4) is 0 Å². The van der Waals surface area contributed by atoms with Crippen molar-refractivity contribution in [1.82, 2.24) is 0 Å². The molecule has 84 valence electrons. The number of hydrogen-bond donors (Lipinski definition) is 2. The van der Waals surface area contributed by atoms with Gasteiger partial charge in [0, 0.05) is 0 Å². The van der Waals surface area contributed by atoms with E-state index in [1.807, 2.05) is 6.08 Å². The van der Waals surface area contributed by atoms with E-state index in [4.69, 9.17) is 0 Å². The van der Waals surface area contributed by atoms with E-state index in [9.17, 15) is 10.2 Å². The summed E-state index contributed by atoms with van der Waals surface area (Å²) in [5, 5.41) is 18.8. The predicted molar refractivity (Wildman–Crippen MR) is 62.9 cm³/mol. The molecule has 1 aromatic carbocycles. The van der Waals surface area contributed by atoms with Crippen molar-refractivity contribution < 1.29 is 10.2 Å². The van der Waals surface area contributed by atoms with Gasteiger partial charge in [0.25, 0.3) is 0 Å². The van der Waals surface area contributed by atoms with Crippen LogP contribution in [0.1, 0.15) is 36.0 Å². The molecule has 0 spiro atoms. The lowest BCUT2D eigenvalue weighted by atomic mass is 9.76. The first kappa shape index (κ1) is 10.1. The van der Waals surface area contributed by atoms with Gasteiger partial charge in [0.15, 0.2) is 6.29 Å². The highest BCUT2D eigenvalue weighted by Crippen LogP contribution is 2.47. The Kier molecular flexibility index (Phi) is 2.16. The SMILES string of the molecule is CC1C(C(O)O)=Cc2cccc3c2C1CC3. The smallest absolute Gasteiger partial charge is 0.174 e. The molecule has 2 nitrogen and oxygen atoms in total. The van der Waals surface area contributed by atoms with E-state index < -0.39 is 6.29 Å². The maximum Gasteiger partial charge on any atom is 0.174 e. The molecule has 1 aromatic rings. The number of hydrogen-bond acceptors (Lipinski definition) is 2. The van der Waals surface area contributed by atoms with Crippen molar-refractivity contribution >= 4 is 6.08 Å². The minimum Gasteiger partial charge on any atom is -0.365 e. The molecule has 0 fully saturated rings. The monoisotopic (exact) mass is 216 g/mol. The second-order valence-electron chi connectivity index (χ2n) is 4.87. The summed E-state index contributed by atoms with van der Waals surface area (Å²) in [5.41, 5.74) is 4.83. The number of benzene rings is 1. The molecule has 0 saturated heterocycles. The summed E-state index contributed by atoms with van der Waals surface area (Å²) in [6.07, 6.45) is 2.90. The third-order valence-electron chi connectivity index (χ3n) is 4.08. The van der Waals surface area contributed by atoms with Crippen LogP contribution in [0.25, 0.3) is 6.08 Å². The van der Waals surface area contributed by atoms with Crippen LogP contribution in [0.5, 0.6) is 0 Å². The van der Waals surface area contributed by atoms with Crippen LogP contribution in [-0.2, 0) is 6.42 Å². The quantitative estimate of drug-likeness (QED) is 0.705. The maximum atomic E-state index is 9.39. The first-order valence-corrected chi connectivity index (χ1v) is 5.88. The molecule has 0 saturated carbocycles. The molecule has 0 amide bonds. The van der Waals surface area contributed by atoms with Crippen LogP contribution in [0.4, 0.5) is 0 Å². The fraction of sp³-hybridized carbons (Fsp3) is 0.429. The summed E-state index contributed by atoms with van der Waals surface area (Å²) < 4.78 is 0. The van der Waals surface area contributed by atoms with E-state index in [1.165, 1.54) is 16.7 Å². The van der Waals surface area contributed by atoms with Crippen molar-refractivity contribution in [3.05, 3.63) is 40.5 Å². The van der Waals surface area contributed by atoms with Crippen molar-refractivity contribution in [3.8, 4) is 0 Å². The summed E-state index contributed by atoms with van der Waals surface area (Å²) in [7, 11) is 0. The molecule has 0 bridgehead atoms. The molecule has 0 aliphatic heterocycles. The zero-order chi connectivity index (χ0) is 11.3. The summed E-state index contributed by atoms with van der Waals surface area (Å²) >= 11 is 0. The molecular formula is C14H16O2. The van der Waals surface area contributed by atoms with Crippen LogP contribution in [0.2, 0.25) is 0 Å². The molecule has 2 heteroatoms. The molecule has 2 unspecified atom stereocenters. The number of aliphatic hydroxyl groups excluding tert-OH is 1. The molecule has 0 radical (unpaired) electrons. The summed E-state index contributed by atoms with van der Waals surface area (Å²) in [5.74, 6) is 0.726. The Hall–Kier alpha value is -1.12. The lowest BCUT2D eigenvalue weighted by Gasteiger charge is -2.30. The van der Waals surface area contributed by atoms with Crippen molar-refractivity contribution in [2.24, 2.45) is 5.92 Å². The van der Waals surface area contributed by atoms with E-state index in [0.29, 0.717) is 5.92 Å². The van der Waals surface area contributed by atoms with Gasteiger partial charge in [0.05, 0.1) is 0 Å². The topological polar surface area (TPSA) is 40.5 Å². The lowest BCUT2D eigenvalue weighted by molar-refractivity contribution is -0.0152. The normalized spacial score (nSPS) is 26.9. The molecule has 2 aliphatic carbocycles. The van der Waals surface area contributed by atoms with Gasteiger partial charge in [-0.3, -0.25) is 0 Å². The van der Waals surface area contributed by atoms with Crippen LogP contribution < -0.4 is 0 Å². The molecule has 2 atom stereocenters. The number of aryl methyl sites for hydroxylation is 1. The molecule has 2 N–H and O–H groups in total. The van der Waals surface area contributed by atoms with E-state index in [2.05, 4.69) is 25.1 Å². The average molecular weight is 216 g/mol. The van der Waals surface area contributed by atoms with Crippen LogP contribution in [0.15, 0.2) is 23.8 Å². The molecule has 0 heterocycles. The fourth-order valence-corrected chi connectivity index (χ4v) is 3.24. The first-order valence-electron chi connectivity index (χ1n) is 5.88. The number of aliphatic hydroxyl groups is 2. The van der Waals surface area contributed by atoms with Crippen LogP contribution in [-0.4, -0.2) is 16.5 Å². The molecule has 2 aliphatic rings. The van der Waals surface area contributed by atoms with Crippen LogP contribution in [0, 0.1) is 5.92 Å². The highest BCUT2D eigenvalue weighted by atomic mass is 16.5. The highest BCUT2D eigenvalue weighted by molar-refractivity contribution is 5.65. The van der Waals surface area contributed by atoms with Gasteiger partial charge in [-0.25, -0.2) is 0 Å². The molecule has 16 heavy (non-hydrogen) atoms. The minimum absolute atomic E-state index is 0.246. The maximum absolute atomic E-state index is 9.39. The fourth-order valence-electron chi connectivity index (χ4n) is 3.24. The number of rotatable bonds is 1. The van der Waals surface area contributed by atoms with Gasteiger partial charge < -0.3 is 10.2 Å². The third-order valence-corrected chi connectivity index (χ3v) is 4.08. The summed E-state index contributed by atoms with van der Waals surface area (Å²) in [4.78, 5) is 0. The lowest BCUT2D eigenvalue weighted by Crippen LogP contribution is -2.23. The Morgan fingerprint density at radius 3 is 2.88 bits per heavy atom. The Morgan fingerprint density at radius 1 is 1.31 bits per heavy atom. The van der Waals surface area contributed by atoms with Gasteiger partial charge in [-0.15, -0.1) is 0 Å². The van der Waals surface area contributed by atoms with Gasteiger partial charge in [-0.1, -0.05) is 31.2 Å². The Balaban J connectivity index is 2.18. The Labute approximate surface area is 95.2 Å². The zero-order valence-electron chi connectivity index (χ0n) is 9.35. The second-order valence-corrected chi connectivity index (χ2v) is 4.87. The molecule has 3 rings (SSSR count). The average Bonchev–Trinajstić information content (AvgIpc) is 2.68. The van der Waals surface area contributed by atoms with Crippen molar-refractivity contribution in [2.45, 2.75) is 32.0 Å². The molecular weight excluding hydrogens is 200 g/mol. The molecule has 0 aromatic heterocycles. The van der Waals surface area contributed by atoms with Gasteiger partial charge >= 0.3 is 0 Å². The highest BCUT2D eigenvalue weighted by Gasteiger charge is 2.35. The van der Waals surface area contributed by atoms with Gasteiger partial charge in [0.2, 0.25) is 0 Å². The first-order chi connectivity index (χ1) is 7.68. The van der Waals surface area contributed by atoms with Gasteiger partial charge in [-0.2, -0.15) is 0 Å². The van der Waals surface area contributed by atoms with Gasteiger partial charge in [0.1, 0.15) is 0 Å². The summed E-state index contributed by atoms with van der Waals surface area (Å²) in [6, 6.07) is 6.33. The minimum atomic E-state index is -1.31. The Morgan fingerprint density at radius 2 is 2.12 bits per heavy atom. The van der Waals surface area contributed by atoms with E-state index in [0.717, 1.165) is 18.4 Å².